The Morgan fingerprint density at radius 3 is 2.65 bits per heavy atom. The molecule has 5 heteroatoms. The number of nitrogens with zero attached hydrogens (tertiary/aromatic N) is 2. The lowest BCUT2D eigenvalue weighted by Gasteiger charge is -2.37. The Morgan fingerprint density at radius 1 is 1.15 bits per heavy atom. The molecule has 20 heavy (non-hydrogen) atoms. The third-order valence-electron chi connectivity index (χ3n) is 4.28. The molecule has 3 rings (SSSR count). The summed E-state index contributed by atoms with van der Waals surface area (Å²) in [5.74, 6) is 0. The van der Waals surface area contributed by atoms with E-state index in [0.717, 1.165) is 45.8 Å². The zero-order valence-electron chi connectivity index (χ0n) is 12.2. The van der Waals surface area contributed by atoms with Crippen molar-refractivity contribution < 1.29 is 0 Å². The van der Waals surface area contributed by atoms with Crippen molar-refractivity contribution in [2.75, 3.05) is 44.3 Å². The first kappa shape index (κ1) is 13.8. The average Bonchev–Trinajstić information content (AvgIpc) is 3.00. The van der Waals surface area contributed by atoms with Gasteiger partial charge < -0.3 is 4.90 Å². The molecule has 2 saturated heterocycles. The van der Waals surface area contributed by atoms with Crippen LogP contribution in [0.2, 0.25) is 0 Å². The highest BCUT2D eigenvalue weighted by atomic mass is 15.5. The van der Waals surface area contributed by atoms with Crippen LogP contribution in [-0.4, -0.2) is 50.5 Å². The molecule has 0 aromatic heterocycles. The Bertz CT molecular complexity index is 422. The van der Waals surface area contributed by atoms with Gasteiger partial charge in [0.15, 0.2) is 0 Å². The monoisotopic (exact) mass is 275 g/mol. The minimum Gasteiger partial charge on any atom is -0.369 e. The molecule has 2 aliphatic rings. The summed E-state index contributed by atoms with van der Waals surface area (Å²) in [5, 5.41) is 3.38. The summed E-state index contributed by atoms with van der Waals surface area (Å²) in [7, 11) is 0. The molecule has 2 fully saturated rings. The van der Waals surface area contributed by atoms with Crippen LogP contribution in [0.25, 0.3) is 0 Å². The van der Waals surface area contributed by atoms with Gasteiger partial charge in [-0.05, 0) is 25.0 Å². The fourth-order valence-corrected chi connectivity index (χ4v) is 3.02. The first-order valence-corrected chi connectivity index (χ1v) is 7.57. The fourth-order valence-electron chi connectivity index (χ4n) is 3.02. The number of para-hydroxylation sites is 1. The van der Waals surface area contributed by atoms with E-state index in [0.29, 0.717) is 6.17 Å². The van der Waals surface area contributed by atoms with E-state index in [-0.39, 0.29) is 0 Å². The molecule has 110 valence electrons. The Kier molecular flexibility index (Phi) is 4.52. The minimum absolute atomic E-state index is 0.421. The number of nitrogens with one attached hydrogen (secondary N) is 3. The second kappa shape index (κ2) is 6.54. The number of hydrogen-bond acceptors (Lipinski definition) is 5. The standard InChI is InChI=1S/C15H25N5/c1-13-4-2-3-5-14(13)20-10-8-19(9-11-20)7-6-15-16-12-17-18-15/h2-5,15-18H,6-12H2,1H3. The molecule has 0 saturated carbocycles. The molecule has 1 unspecified atom stereocenters. The largest absolute Gasteiger partial charge is 0.369 e. The summed E-state index contributed by atoms with van der Waals surface area (Å²) in [4.78, 5) is 5.08. The van der Waals surface area contributed by atoms with E-state index in [9.17, 15) is 0 Å². The van der Waals surface area contributed by atoms with Crippen molar-refractivity contribution in [1.82, 2.24) is 21.1 Å². The van der Waals surface area contributed by atoms with E-state index in [1.807, 2.05) is 0 Å². The highest BCUT2D eigenvalue weighted by Crippen LogP contribution is 2.20. The normalized spacial score (nSPS) is 24.2. The van der Waals surface area contributed by atoms with Gasteiger partial charge in [0, 0.05) is 38.4 Å². The number of benzene rings is 1. The van der Waals surface area contributed by atoms with Crippen LogP contribution in [0.1, 0.15) is 12.0 Å². The van der Waals surface area contributed by atoms with Gasteiger partial charge >= 0.3 is 0 Å². The molecule has 0 bridgehead atoms. The summed E-state index contributed by atoms with van der Waals surface area (Å²) in [6.07, 6.45) is 1.57. The molecule has 0 radical (unpaired) electrons. The highest BCUT2D eigenvalue weighted by Gasteiger charge is 2.19. The Balaban J connectivity index is 1.46. The van der Waals surface area contributed by atoms with Gasteiger partial charge in [-0.25, -0.2) is 10.9 Å². The zero-order valence-corrected chi connectivity index (χ0v) is 12.2. The topological polar surface area (TPSA) is 42.6 Å². The SMILES string of the molecule is Cc1ccccc1N1CCN(CCC2NCNN2)CC1. The third-order valence-corrected chi connectivity index (χ3v) is 4.28. The predicted molar refractivity (Wildman–Crippen MR) is 82.5 cm³/mol. The maximum absolute atomic E-state index is 3.38. The predicted octanol–water partition coefficient (Wildman–Crippen LogP) is 0.488. The van der Waals surface area contributed by atoms with Crippen LogP contribution in [0.4, 0.5) is 5.69 Å². The first-order valence-electron chi connectivity index (χ1n) is 7.57. The van der Waals surface area contributed by atoms with Gasteiger partial charge in [-0.3, -0.25) is 10.2 Å². The van der Waals surface area contributed by atoms with E-state index in [2.05, 4.69) is 57.2 Å². The minimum atomic E-state index is 0.421. The third kappa shape index (κ3) is 3.30. The lowest BCUT2D eigenvalue weighted by atomic mass is 10.1. The van der Waals surface area contributed by atoms with E-state index in [4.69, 9.17) is 0 Å². The van der Waals surface area contributed by atoms with Crippen molar-refractivity contribution in [3.05, 3.63) is 29.8 Å². The van der Waals surface area contributed by atoms with Gasteiger partial charge in [-0.1, -0.05) is 18.2 Å². The Morgan fingerprint density at radius 2 is 1.95 bits per heavy atom. The molecule has 2 aliphatic heterocycles. The van der Waals surface area contributed by atoms with Crippen LogP contribution in [0, 0.1) is 6.92 Å². The van der Waals surface area contributed by atoms with Crippen molar-refractivity contribution >= 4 is 5.69 Å². The van der Waals surface area contributed by atoms with Crippen LogP contribution in [-0.2, 0) is 0 Å². The van der Waals surface area contributed by atoms with Crippen LogP contribution >= 0.6 is 0 Å². The molecule has 1 aromatic rings. The van der Waals surface area contributed by atoms with Gasteiger partial charge in [0.1, 0.15) is 0 Å². The highest BCUT2D eigenvalue weighted by molar-refractivity contribution is 5.53. The van der Waals surface area contributed by atoms with Gasteiger partial charge in [-0.2, -0.15) is 0 Å². The zero-order chi connectivity index (χ0) is 13.8. The van der Waals surface area contributed by atoms with Gasteiger partial charge in [0.05, 0.1) is 12.8 Å². The van der Waals surface area contributed by atoms with Gasteiger partial charge in [0.25, 0.3) is 0 Å². The number of piperazine rings is 1. The molecule has 2 heterocycles. The summed E-state index contributed by atoms with van der Waals surface area (Å²) < 4.78 is 0. The van der Waals surface area contributed by atoms with E-state index in [1.54, 1.807) is 0 Å². The van der Waals surface area contributed by atoms with Crippen molar-refractivity contribution in [3.8, 4) is 0 Å². The van der Waals surface area contributed by atoms with Gasteiger partial charge in [-0.15, -0.1) is 0 Å². The van der Waals surface area contributed by atoms with Crippen LogP contribution in [0.5, 0.6) is 0 Å². The number of hydrazine groups is 1. The molecule has 1 aromatic carbocycles. The van der Waals surface area contributed by atoms with Crippen LogP contribution in [0.15, 0.2) is 24.3 Å². The molecular weight excluding hydrogens is 250 g/mol. The molecule has 5 nitrogen and oxygen atoms in total. The quantitative estimate of drug-likeness (QED) is 0.746. The fraction of sp³-hybridized carbons (Fsp3) is 0.600. The average molecular weight is 275 g/mol. The van der Waals surface area contributed by atoms with Crippen LogP contribution in [0.3, 0.4) is 0 Å². The lowest BCUT2D eigenvalue weighted by molar-refractivity contribution is 0.241. The molecule has 0 amide bonds. The van der Waals surface area contributed by atoms with Crippen molar-refractivity contribution in [1.29, 1.82) is 0 Å². The van der Waals surface area contributed by atoms with Crippen molar-refractivity contribution in [2.45, 2.75) is 19.5 Å². The Labute approximate surface area is 121 Å². The number of hydrogen-bond donors (Lipinski definition) is 3. The van der Waals surface area contributed by atoms with Crippen LogP contribution < -0.4 is 21.1 Å². The van der Waals surface area contributed by atoms with Gasteiger partial charge in [0.2, 0.25) is 0 Å². The number of anilines is 1. The number of aryl methyl sites for hydroxylation is 1. The van der Waals surface area contributed by atoms with E-state index in [1.165, 1.54) is 11.3 Å². The number of rotatable bonds is 4. The first-order chi connectivity index (χ1) is 9.83. The molecular formula is C15H25N5. The van der Waals surface area contributed by atoms with E-state index >= 15 is 0 Å². The Hall–Kier alpha value is -1.14. The molecule has 0 aliphatic carbocycles. The molecule has 1 atom stereocenters. The molecule has 0 spiro atoms. The summed E-state index contributed by atoms with van der Waals surface area (Å²) in [6, 6.07) is 8.69. The smallest absolute Gasteiger partial charge is 0.0726 e. The summed E-state index contributed by atoms with van der Waals surface area (Å²) in [6.45, 7) is 8.82. The maximum Gasteiger partial charge on any atom is 0.0726 e. The lowest BCUT2D eigenvalue weighted by Crippen LogP contribution is -2.48. The second-order valence-electron chi connectivity index (χ2n) is 5.66. The van der Waals surface area contributed by atoms with Crippen molar-refractivity contribution in [2.24, 2.45) is 0 Å². The van der Waals surface area contributed by atoms with E-state index < -0.39 is 0 Å². The summed E-state index contributed by atoms with van der Waals surface area (Å²) in [5.41, 5.74) is 9.13. The maximum atomic E-state index is 3.38. The summed E-state index contributed by atoms with van der Waals surface area (Å²) >= 11 is 0. The second-order valence-corrected chi connectivity index (χ2v) is 5.66. The van der Waals surface area contributed by atoms with Crippen molar-refractivity contribution in [3.63, 3.8) is 0 Å². The molecule has 3 N–H and O–H groups in total.